The summed E-state index contributed by atoms with van der Waals surface area (Å²) < 4.78 is 0.968. The summed E-state index contributed by atoms with van der Waals surface area (Å²) in [4.78, 5) is 12.7. The van der Waals surface area contributed by atoms with Crippen LogP contribution in [0.25, 0.3) is 10.1 Å². The lowest BCUT2D eigenvalue weighted by atomic mass is 10.1. The van der Waals surface area contributed by atoms with Crippen LogP contribution >= 0.6 is 22.9 Å². The highest BCUT2D eigenvalue weighted by Gasteiger charge is 2.20. The maximum atomic E-state index is 12.1. The van der Waals surface area contributed by atoms with E-state index in [2.05, 4.69) is 5.32 Å². The summed E-state index contributed by atoms with van der Waals surface area (Å²) in [6.45, 7) is 5.81. The Morgan fingerprint density at radius 1 is 1.39 bits per heavy atom. The van der Waals surface area contributed by atoms with E-state index in [9.17, 15) is 4.79 Å². The third-order valence-corrected chi connectivity index (χ3v) is 3.80. The maximum Gasteiger partial charge on any atom is 0.263 e. The molecule has 2 rings (SSSR count). The minimum absolute atomic E-state index is 0.141. The van der Waals surface area contributed by atoms with Gasteiger partial charge in [-0.05, 0) is 39.0 Å². The Balaban J connectivity index is 2.46. The van der Waals surface area contributed by atoms with E-state index < -0.39 is 0 Å². The standard InChI is InChI=1S/C13H15ClN2OS/c1-13(2,3)16-12(17)11-10(15)8-6-7(14)4-5-9(8)18-11/h4-6H,15H2,1-3H3,(H,16,17). The Labute approximate surface area is 115 Å². The van der Waals surface area contributed by atoms with E-state index in [1.54, 1.807) is 12.1 Å². The van der Waals surface area contributed by atoms with E-state index in [0.29, 0.717) is 15.6 Å². The molecule has 0 saturated carbocycles. The fraction of sp³-hybridized carbons (Fsp3) is 0.308. The molecular formula is C13H15ClN2OS. The van der Waals surface area contributed by atoms with Crippen molar-refractivity contribution in [3.8, 4) is 0 Å². The lowest BCUT2D eigenvalue weighted by molar-refractivity contribution is 0.0924. The van der Waals surface area contributed by atoms with Gasteiger partial charge in [-0.2, -0.15) is 0 Å². The van der Waals surface area contributed by atoms with Crippen molar-refractivity contribution in [3.63, 3.8) is 0 Å². The second-order valence-corrected chi connectivity index (χ2v) is 6.68. The number of thiophene rings is 1. The SMILES string of the molecule is CC(C)(C)NC(=O)c1sc2ccc(Cl)cc2c1N. The van der Waals surface area contributed by atoms with Gasteiger partial charge >= 0.3 is 0 Å². The molecule has 2 aromatic rings. The number of anilines is 1. The van der Waals surface area contributed by atoms with E-state index >= 15 is 0 Å². The van der Waals surface area contributed by atoms with Crippen molar-refractivity contribution < 1.29 is 4.79 Å². The van der Waals surface area contributed by atoms with Gasteiger partial charge in [-0.15, -0.1) is 11.3 Å². The number of nitrogens with two attached hydrogens (primary N) is 1. The van der Waals surface area contributed by atoms with Crippen LogP contribution in [-0.2, 0) is 0 Å². The Morgan fingerprint density at radius 3 is 2.67 bits per heavy atom. The smallest absolute Gasteiger partial charge is 0.263 e. The molecule has 18 heavy (non-hydrogen) atoms. The zero-order valence-electron chi connectivity index (χ0n) is 10.5. The van der Waals surface area contributed by atoms with Gasteiger partial charge in [-0.3, -0.25) is 4.79 Å². The van der Waals surface area contributed by atoms with Crippen LogP contribution in [-0.4, -0.2) is 11.4 Å². The molecule has 1 heterocycles. The molecule has 1 aromatic carbocycles. The molecule has 0 aliphatic heterocycles. The van der Waals surface area contributed by atoms with Gasteiger partial charge in [0, 0.05) is 20.6 Å². The quantitative estimate of drug-likeness (QED) is 0.838. The number of fused-ring (bicyclic) bond motifs is 1. The number of rotatable bonds is 1. The van der Waals surface area contributed by atoms with E-state index in [1.807, 2.05) is 26.8 Å². The average molecular weight is 283 g/mol. The zero-order chi connectivity index (χ0) is 13.5. The minimum atomic E-state index is -0.280. The van der Waals surface area contributed by atoms with Crippen molar-refractivity contribution in [1.29, 1.82) is 0 Å². The number of hydrogen-bond donors (Lipinski definition) is 2. The summed E-state index contributed by atoms with van der Waals surface area (Å²) in [6.07, 6.45) is 0. The second-order valence-electron chi connectivity index (χ2n) is 5.19. The number of carbonyl (C=O) groups excluding carboxylic acids is 1. The van der Waals surface area contributed by atoms with E-state index in [-0.39, 0.29) is 11.4 Å². The summed E-state index contributed by atoms with van der Waals surface area (Å²) in [5, 5.41) is 4.37. The van der Waals surface area contributed by atoms with Gasteiger partial charge in [0.2, 0.25) is 0 Å². The van der Waals surface area contributed by atoms with Crippen LogP contribution in [0.4, 0.5) is 5.69 Å². The lowest BCUT2D eigenvalue weighted by Crippen LogP contribution is -2.40. The van der Waals surface area contributed by atoms with E-state index in [0.717, 1.165) is 10.1 Å². The summed E-state index contributed by atoms with van der Waals surface area (Å²) in [7, 11) is 0. The first-order chi connectivity index (χ1) is 8.28. The Morgan fingerprint density at radius 2 is 2.06 bits per heavy atom. The molecule has 96 valence electrons. The number of halogens is 1. The molecular weight excluding hydrogens is 268 g/mol. The minimum Gasteiger partial charge on any atom is -0.397 e. The molecule has 3 N–H and O–H groups in total. The summed E-state index contributed by atoms with van der Waals surface area (Å²) >= 11 is 7.32. The normalized spacial score (nSPS) is 11.8. The van der Waals surface area contributed by atoms with Gasteiger partial charge in [0.1, 0.15) is 4.88 Å². The van der Waals surface area contributed by atoms with Crippen molar-refractivity contribution in [3.05, 3.63) is 28.1 Å². The number of hydrogen-bond acceptors (Lipinski definition) is 3. The molecule has 3 nitrogen and oxygen atoms in total. The fourth-order valence-corrected chi connectivity index (χ4v) is 2.83. The van der Waals surface area contributed by atoms with Gasteiger partial charge in [0.05, 0.1) is 5.69 Å². The fourth-order valence-electron chi connectivity index (χ4n) is 1.65. The third kappa shape index (κ3) is 2.60. The summed E-state index contributed by atoms with van der Waals surface area (Å²) in [6, 6.07) is 5.47. The van der Waals surface area contributed by atoms with Gasteiger partial charge in [0.25, 0.3) is 5.91 Å². The van der Waals surface area contributed by atoms with Crippen molar-refractivity contribution >= 4 is 44.6 Å². The second kappa shape index (κ2) is 4.44. The van der Waals surface area contributed by atoms with Crippen molar-refractivity contribution in [2.75, 3.05) is 5.73 Å². The number of carbonyl (C=O) groups is 1. The van der Waals surface area contributed by atoms with Crippen molar-refractivity contribution in [2.45, 2.75) is 26.3 Å². The summed E-state index contributed by atoms with van der Waals surface area (Å²) in [5.74, 6) is -0.141. The van der Waals surface area contributed by atoms with Gasteiger partial charge in [-0.1, -0.05) is 11.6 Å². The molecule has 0 fully saturated rings. The first kappa shape index (κ1) is 13.2. The number of benzene rings is 1. The topological polar surface area (TPSA) is 55.1 Å². The maximum absolute atomic E-state index is 12.1. The van der Waals surface area contributed by atoms with Crippen LogP contribution in [0.5, 0.6) is 0 Å². The predicted molar refractivity (Wildman–Crippen MR) is 78.5 cm³/mol. The number of nitrogens with one attached hydrogen (secondary N) is 1. The van der Waals surface area contributed by atoms with Crippen molar-refractivity contribution in [1.82, 2.24) is 5.32 Å². The van der Waals surface area contributed by atoms with Gasteiger partial charge < -0.3 is 11.1 Å². The largest absolute Gasteiger partial charge is 0.397 e. The predicted octanol–water partition coefficient (Wildman–Crippen LogP) is 3.67. The third-order valence-electron chi connectivity index (χ3n) is 2.38. The van der Waals surface area contributed by atoms with Crippen LogP contribution in [0, 0.1) is 0 Å². The highest BCUT2D eigenvalue weighted by molar-refractivity contribution is 7.21. The molecule has 0 bridgehead atoms. The van der Waals surface area contributed by atoms with E-state index in [4.69, 9.17) is 17.3 Å². The monoisotopic (exact) mass is 282 g/mol. The molecule has 1 amide bonds. The molecule has 0 unspecified atom stereocenters. The molecule has 0 radical (unpaired) electrons. The molecule has 5 heteroatoms. The molecule has 0 aliphatic rings. The van der Waals surface area contributed by atoms with Crippen LogP contribution in [0.3, 0.4) is 0 Å². The number of nitrogen functional groups attached to an aromatic ring is 1. The highest BCUT2D eigenvalue weighted by atomic mass is 35.5. The molecule has 0 spiro atoms. The summed E-state index contributed by atoms with van der Waals surface area (Å²) in [5.41, 5.74) is 6.24. The molecule has 0 atom stereocenters. The van der Waals surface area contributed by atoms with E-state index in [1.165, 1.54) is 11.3 Å². The van der Waals surface area contributed by atoms with Gasteiger partial charge in [0.15, 0.2) is 0 Å². The van der Waals surface area contributed by atoms with Crippen LogP contribution in [0.15, 0.2) is 18.2 Å². The highest BCUT2D eigenvalue weighted by Crippen LogP contribution is 2.35. The zero-order valence-corrected chi connectivity index (χ0v) is 12.1. The molecule has 0 aliphatic carbocycles. The Bertz CT molecular complexity index is 613. The Kier molecular flexibility index (Phi) is 3.25. The first-order valence-electron chi connectivity index (χ1n) is 5.58. The van der Waals surface area contributed by atoms with Gasteiger partial charge in [-0.25, -0.2) is 0 Å². The van der Waals surface area contributed by atoms with Crippen molar-refractivity contribution in [2.24, 2.45) is 0 Å². The number of amides is 1. The Hall–Kier alpha value is -1.26. The molecule has 1 aromatic heterocycles. The average Bonchev–Trinajstić information content (AvgIpc) is 2.54. The lowest BCUT2D eigenvalue weighted by Gasteiger charge is -2.20. The van der Waals surface area contributed by atoms with Crippen LogP contribution in [0.2, 0.25) is 5.02 Å². The van der Waals surface area contributed by atoms with Crippen LogP contribution in [0.1, 0.15) is 30.4 Å². The molecule has 0 saturated heterocycles. The first-order valence-corrected chi connectivity index (χ1v) is 6.77. The van der Waals surface area contributed by atoms with Crippen LogP contribution < -0.4 is 11.1 Å².